The third kappa shape index (κ3) is 4.46. The number of benzene rings is 1. The molecule has 1 aromatic heterocycles. The van der Waals surface area contributed by atoms with Crippen molar-refractivity contribution in [3.05, 3.63) is 47.3 Å². The highest BCUT2D eigenvalue weighted by atomic mass is 15.4. The quantitative estimate of drug-likeness (QED) is 0.841. The lowest BCUT2D eigenvalue weighted by molar-refractivity contribution is 0.500. The minimum atomic E-state index is 0.411. The Bertz CT molecular complexity index is 533. The number of nitrogens with one attached hydrogen (secondary N) is 1. The molecule has 4 nitrogen and oxygen atoms in total. The van der Waals surface area contributed by atoms with Gasteiger partial charge in [-0.3, -0.25) is 4.68 Å². The molecule has 1 heterocycles. The van der Waals surface area contributed by atoms with Crippen molar-refractivity contribution in [2.24, 2.45) is 7.05 Å². The summed E-state index contributed by atoms with van der Waals surface area (Å²) in [4.78, 5) is 0. The van der Waals surface area contributed by atoms with Gasteiger partial charge in [0.1, 0.15) is 0 Å². The molecule has 0 spiro atoms. The zero-order valence-corrected chi connectivity index (χ0v) is 12.6. The molecule has 0 aliphatic carbocycles. The Kier molecular flexibility index (Phi) is 5.30. The summed E-state index contributed by atoms with van der Waals surface area (Å²) in [6.45, 7) is 5.37. The number of aryl methyl sites for hydroxylation is 2. The lowest BCUT2D eigenvalue weighted by Crippen LogP contribution is -2.34. The maximum absolute atomic E-state index is 4.20. The van der Waals surface area contributed by atoms with E-state index < -0.39 is 0 Å². The van der Waals surface area contributed by atoms with Crippen LogP contribution in [0.5, 0.6) is 0 Å². The minimum absolute atomic E-state index is 0.411. The van der Waals surface area contributed by atoms with Gasteiger partial charge in [-0.05, 0) is 31.9 Å². The van der Waals surface area contributed by atoms with Crippen LogP contribution in [0.2, 0.25) is 0 Å². The van der Waals surface area contributed by atoms with Crippen molar-refractivity contribution in [2.75, 3.05) is 6.54 Å². The number of aromatic nitrogens is 3. The fourth-order valence-corrected chi connectivity index (χ4v) is 2.43. The summed E-state index contributed by atoms with van der Waals surface area (Å²) in [6.07, 6.45) is 5.09. The number of nitrogens with zero attached hydrogens (tertiary/aromatic N) is 3. The largest absolute Gasteiger partial charge is 0.313 e. The molecule has 2 rings (SSSR count). The summed E-state index contributed by atoms with van der Waals surface area (Å²) in [6, 6.07) is 9.14. The van der Waals surface area contributed by atoms with Crippen molar-refractivity contribution in [3.8, 4) is 0 Å². The molecule has 1 unspecified atom stereocenters. The van der Waals surface area contributed by atoms with Gasteiger partial charge in [0, 0.05) is 25.7 Å². The summed E-state index contributed by atoms with van der Waals surface area (Å²) < 4.78 is 1.76. The van der Waals surface area contributed by atoms with Gasteiger partial charge >= 0.3 is 0 Å². The molecular weight excluding hydrogens is 248 g/mol. The van der Waals surface area contributed by atoms with Crippen LogP contribution in [0.15, 0.2) is 30.5 Å². The van der Waals surface area contributed by atoms with E-state index in [1.807, 2.05) is 13.2 Å². The predicted octanol–water partition coefficient (Wildman–Crippen LogP) is 2.28. The Hall–Kier alpha value is -1.68. The van der Waals surface area contributed by atoms with E-state index in [0.717, 1.165) is 31.5 Å². The van der Waals surface area contributed by atoms with Crippen molar-refractivity contribution in [1.29, 1.82) is 0 Å². The van der Waals surface area contributed by atoms with E-state index in [4.69, 9.17) is 0 Å². The van der Waals surface area contributed by atoms with Gasteiger partial charge in [-0.15, -0.1) is 5.10 Å². The first-order chi connectivity index (χ1) is 9.67. The molecule has 1 N–H and O–H groups in total. The van der Waals surface area contributed by atoms with Gasteiger partial charge < -0.3 is 5.32 Å². The van der Waals surface area contributed by atoms with Crippen molar-refractivity contribution >= 4 is 0 Å². The van der Waals surface area contributed by atoms with Gasteiger partial charge in [0.05, 0.1) is 5.69 Å². The van der Waals surface area contributed by atoms with E-state index in [0.29, 0.717) is 6.04 Å². The maximum atomic E-state index is 4.20. The Morgan fingerprint density at radius 1 is 1.30 bits per heavy atom. The van der Waals surface area contributed by atoms with Crippen molar-refractivity contribution < 1.29 is 0 Å². The zero-order chi connectivity index (χ0) is 14.4. The number of hydrogen-bond donors (Lipinski definition) is 1. The SMILES string of the molecule is CCCNC(Cc1cccc(C)c1)Cc1cn(C)nn1. The molecule has 1 atom stereocenters. The van der Waals surface area contributed by atoms with Crippen molar-refractivity contribution in [2.45, 2.75) is 39.2 Å². The summed E-state index contributed by atoms with van der Waals surface area (Å²) in [5, 5.41) is 11.8. The van der Waals surface area contributed by atoms with Gasteiger partial charge in [-0.1, -0.05) is 42.0 Å². The topological polar surface area (TPSA) is 42.7 Å². The molecule has 108 valence electrons. The van der Waals surface area contributed by atoms with Crippen LogP contribution in [-0.4, -0.2) is 27.6 Å². The third-order valence-electron chi connectivity index (χ3n) is 3.35. The first kappa shape index (κ1) is 14.7. The molecule has 0 saturated carbocycles. The summed E-state index contributed by atoms with van der Waals surface area (Å²) in [5.74, 6) is 0. The fraction of sp³-hybridized carbons (Fsp3) is 0.500. The second-order valence-corrected chi connectivity index (χ2v) is 5.43. The Morgan fingerprint density at radius 2 is 2.15 bits per heavy atom. The van der Waals surface area contributed by atoms with E-state index in [1.54, 1.807) is 4.68 Å². The van der Waals surface area contributed by atoms with Crippen LogP contribution in [0.3, 0.4) is 0 Å². The van der Waals surface area contributed by atoms with E-state index in [-0.39, 0.29) is 0 Å². The molecule has 0 amide bonds. The summed E-state index contributed by atoms with van der Waals surface area (Å²) >= 11 is 0. The van der Waals surface area contributed by atoms with Gasteiger partial charge in [0.25, 0.3) is 0 Å². The van der Waals surface area contributed by atoms with Gasteiger partial charge in [0.15, 0.2) is 0 Å². The second kappa shape index (κ2) is 7.20. The fourth-order valence-electron chi connectivity index (χ4n) is 2.43. The van der Waals surface area contributed by atoms with Gasteiger partial charge in [-0.25, -0.2) is 0 Å². The van der Waals surface area contributed by atoms with Crippen LogP contribution in [-0.2, 0) is 19.9 Å². The average Bonchev–Trinajstić information content (AvgIpc) is 2.81. The molecule has 2 aromatic rings. The van der Waals surface area contributed by atoms with Crippen LogP contribution in [0.25, 0.3) is 0 Å². The lowest BCUT2D eigenvalue weighted by atomic mass is 10.0. The van der Waals surface area contributed by atoms with Gasteiger partial charge in [0.2, 0.25) is 0 Å². The molecule has 0 aliphatic heterocycles. The van der Waals surface area contributed by atoms with E-state index in [2.05, 4.69) is 53.7 Å². The molecule has 20 heavy (non-hydrogen) atoms. The van der Waals surface area contributed by atoms with Crippen LogP contribution in [0.4, 0.5) is 0 Å². The molecule has 0 bridgehead atoms. The second-order valence-electron chi connectivity index (χ2n) is 5.43. The van der Waals surface area contributed by atoms with Crippen LogP contribution >= 0.6 is 0 Å². The number of hydrogen-bond acceptors (Lipinski definition) is 3. The van der Waals surface area contributed by atoms with Crippen molar-refractivity contribution in [1.82, 2.24) is 20.3 Å². The summed E-state index contributed by atoms with van der Waals surface area (Å²) in [5.41, 5.74) is 3.74. The van der Waals surface area contributed by atoms with Crippen molar-refractivity contribution in [3.63, 3.8) is 0 Å². The standard InChI is InChI=1S/C16H24N4/c1-4-8-17-15(11-16-12-20(3)19-18-16)10-14-7-5-6-13(2)9-14/h5-7,9,12,15,17H,4,8,10-11H2,1-3H3. The summed E-state index contributed by atoms with van der Waals surface area (Å²) in [7, 11) is 1.91. The zero-order valence-electron chi connectivity index (χ0n) is 12.6. The first-order valence-corrected chi connectivity index (χ1v) is 7.31. The van der Waals surface area contributed by atoms with E-state index >= 15 is 0 Å². The molecule has 4 heteroatoms. The highest BCUT2D eigenvalue weighted by Crippen LogP contribution is 2.10. The lowest BCUT2D eigenvalue weighted by Gasteiger charge is -2.17. The van der Waals surface area contributed by atoms with Crippen LogP contribution in [0.1, 0.15) is 30.2 Å². The smallest absolute Gasteiger partial charge is 0.0842 e. The van der Waals surface area contributed by atoms with Gasteiger partial charge in [-0.2, -0.15) is 0 Å². The third-order valence-corrected chi connectivity index (χ3v) is 3.35. The molecule has 0 aliphatic rings. The molecular formula is C16H24N4. The minimum Gasteiger partial charge on any atom is -0.313 e. The Morgan fingerprint density at radius 3 is 2.80 bits per heavy atom. The highest BCUT2D eigenvalue weighted by molar-refractivity contribution is 5.23. The molecule has 0 fully saturated rings. The number of rotatable bonds is 7. The maximum Gasteiger partial charge on any atom is 0.0842 e. The molecule has 1 aromatic carbocycles. The van der Waals surface area contributed by atoms with Crippen LogP contribution < -0.4 is 5.32 Å². The Balaban J connectivity index is 2.02. The predicted molar refractivity (Wildman–Crippen MR) is 81.7 cm³/mol. The normalized spacial score (nSPS) is 12.6. The highest BCUT2D eigenvalue weighted by Gasteiger charge is 2.12. The molecule has 0 saturated heterocycles. The van der Waals surface area contributed by atoms with E-state index in [1.165, 1.54) is 11.1 Å². The monoisotopic (exact) mass is 272 g/mol. The first-order valence-electron chi connectivity index (χ1n) is 7.31. The molecule has 0 radical (unpaired) electrons. The van der Waals surface area contributed by atoms with Crippen LogP contribution in [0, 0.1) is 6.92 Å². The van der Waals surface area contributed by atoms with E-state index in [9.17, 15) is 0 Å². The Labute approximate surface area is 121 Å². The average molecular weight is 272 g/mol.